The van der Waals surface area contributed by atoms with Gasteiger partial charge in [-0.05, 0) is 67.3 Å². The van der Waals surface area contributed by atoms with Crippen molar-refractivity contribution in [2.24, 2.45) is 0 Å². The number of para-hydroxylation sites is 1. The van der Waals surface area contributed by atoms with E-state index >= 15 is 0 Å². The molecule has 2 atom stereocenters. The van der Waals surface area contributed by atoms with E-state index in [0.717, 1.165) is 66.9 Å². The standard InChI is InChI=1S/C37H45N5O4/c1-7-9-12-21-46-37(43)38-27-19-20-42(4,24-27)36-23-32(26-15-17-33(44-5)34(22-26)45-6)40-35(41-36)18-16-31-28(8-2)25(3)29-13-10-11-14-30(29)39-31/h10-11,13-18,22-23,27H,7-9,12,19-21,24H2,1-6H3/p+1. The number of carbonyl (C=O) groups is 1. The second kappa shape index (κ2) is 14.7. The van der Waals surface area contributed by atoms with Crippen LogP contribution in [0.2, 0.25) is 0 Å². The molecule has 9 nitrogen and oxygen atoms in total. The number of unbranched alkanes of at least 4 members (excludes halogenated alkanes) is 2. The second-order valence-electron chi connectivity index (χ2n) is 12.1. The lowest BCUT2D eigenvalue weighted by Crippen LogP contribution is -2.47. The van der Waals surface area contributed by atoms with Gasteiger partial charge >= 0.3 is 6.09 Å². The van der Waals surface area contributed by atoms with E-state index in [2.05, 4.69) is 51.3 Å². The molecular formula is C37H46N5O4+. The highest BCUT2D eigenvalue weighted by Crippen LogP contribution is 2.35. The van der Waals surface area contributed by atoms with Crippen LogP contribution < -0.4 is 19.3 Å². The van der Waals surface area contributed by atoms with Gasteiger partial charge in [0.05, 0.1) is 57.4 Å². The molecule has 2 aromatic carbocycles. The van der Waals surface area contributed by atoms with Crippen molar-refractivity contribution in [2.75, 3.05) is 41.0 Å². The Balaban J connectivity index is 1.49. The summed E-state index contributed by atoms with van der Waals surface area (Å²) in [6.07, 6.45) is 8.34. The van der Waals surface area contributed by atoms with Crippen LogP contribution >= 0.6 is 0 Å². The van der Waals surface area contributed by atoms with E-state index in [9.17, 15) is 4.79 Å². The molecule has 4 aromatic rings. The smallest absolute Gasteiger partial charge is 0.407 e. The molecule has 1 fully saturated rings. The summed E-state index contributed by atoms with van der Waals surface area (Å²) in [6.45, 7) is 8.41. The van der Waals surface area contributed by atoms with Gasteiger partial charge in [-0.25, -0.2) is 14.8 Å². The summed E-state index contributed by atoms with van der Waals surface area (Å²) in [5, 5.41) is 4.25. The Bertz CT molecular complexity index is 1720. The number of ether oxygens (including phenoxy) is 3. The molecule has 1 aliphatic heterocycles. The van der Waals surface area contributed by atoms with E-state index in [-0.39, 0.29) is 12.1 Å². The quantitative estimate of drug-likeness (QED) is 0.130. The van der Waals surface area contributed by atoms with E-state index in [1.165, 1.54) is 16.5 Å². The predicted octanol–water partition coefficient (Wildman–Crippen LogP) is 7.38. The van der Waals surface area contributed by atoms with Gasteiger partial charge in [-0.1, -0.05) is 44.9 Å². The van der Waals surface area contributed by atoms with Crippen molar-refractivity contribution in [3.8, 4) is 22.8 Å². The number of methoxy groups -OCH3 is 2. The van der Waals surface area contributed by atoms with Crippen LogP contribution in [-0.4, -0.2) is 68.1 Å². The summed E-state index contributed by atoms with van der Waals surface area (Å²) >= 11 is 0. The number of alkyl carbamates (subject to hydrolysis) is 1. The van der Waals surface area contributed by atoms with Crippen LogP contribution in [0, 0.1) is 6.92 Å². The Morgan fingerprint density at radius 2 is 1.80 bits per heavy atom. The van der Waals surface area contributed by atoms with Gasteiger partial charge < -0.3 is 19.5 Å². The highest BCUT2D eigenvalue weighted by atomic mass is 16.5. The first kappa shape index (κ1) is 32.9. The van der Waals surface area contributed by atoms with Gasteiger partial charge in [-0.3, -0.25) is 4.48 Å². The van der Waals surface area contributed by atoms with Gasteiger partial charge in [-0.15, -0.1) is 0 Å². The van der Waals surface area contributed by atoms with Crippen LogP contribution in [0.1, 0.15) is 62.2 Å². The fourth-order valence-electron chi connectivity index (χ4n) is 6.29. The van der Waals surface area contributed by atoms with Crippen molar-refractivity contribution in [3.05, 3.63) is 71.2 Å². The monoisotopic (exact) mass is 624 g/mol. The summed E-state index contributed by atoms with van der Waals surface area (Å²) in [5.74, 6) is 2.74. The molecule has 1 N–H and O–H groups in total. The van der Waals surface area contributed by atoms with Gasteiger partial charge in [-0.2, -0.15) is 4.98 Å². The zero-order valence-corrected chi connectivity index (χ0v) is 27.9. The average molecular weight is 625 g/mol. The van der Waals surface area contributed by atoms with E-state index in [1.807, 2.05) is 42.5 Å². The number of likely N-dealkylation sites (tertiary alicyclic amines) is 1. The summed E-state index contributed by atoms with van der Waals surface area (Å²) in [4.78, 5) is 27.5. The van der Waals surface area contributed by atoms with Crippen LogP contribution in [-0.2, 0) is 11.2 Å². The molecule has 9 heteroatoms. The Hall–Kier alpha value is -4.50. The van der Waals surface area contributed by atoms with Gasteiger partial charge in [0.25, 0.3) is 0 Å². The van der Waals surface area contributed by atoms with Gasteiger partial charge in [0.15, 0.2) is 17.3 Å². The summed E-state index contributed by atoms with van der Waals surface area (Å²) in [5.41, 5.74) is 6.00. The van der Waals surface area contributed by atoms with E-state index in [4.69, 9.17) is 29.2 Å². The highest BCUT2D eigenvalue weighted by Gasteiger charge is 2.39. The van der Waals surface area contributed by atoms with Gasteiger partial charge in [0.1, 0.15) is 6.54 Å². The normalized spacial score (nSPS) is 17.8. The van der Waals surface area contributed by atoms with Crippen molar-refractivity contribution in [2.45, 2.75) is 58.9 Å². The Morgan fingerprint density at radius 3 is 2.57 bits per heavy atom. The minimum atomic E-state index is -0.350. The molecule has 0 radical (unpaired) electrons. The third kappa shape index (κ3) is 7.31. The number of fused-ring (bicyclic) bond motifs is 1. The predicted molar refractivity (Wildman–Crippen MR) is 185 cm³/mol. The topological polar surface area (TPSA) is 95.5 Å². The number of pyridine rings is 1. The maximum Gasteiger partial charge on any atom is 0.407 e. The number of hydrogen-bond donors (Lipinski definition) is 1. The van der Waals surface area contributed by atoms with Crippen molar-refractivity contribution in [1.82, 2.24) is 24.8 Å². The minimum absolute atomic E-state index is 0.0148. The highest BCUT2D eigenvalue weighted by molar-refractivity contribution is 5.86. The van der Waals surface area contributed by atoms with E-state index < -0.39 is 0 Å². The zero-order chi connectivity index (χ0) is 32.7. The average Bonchev–Trinajstić information content (AvgIpc) is 3.46. The Kier molecular flexibility index (Phi) is 10.5. The zero-order valence-electron chi connectivity index (χ0n) is 27.9. The van der Waals surface area contributed by atoms with Gasteiger partial charge in [0.2, 0.25) is 5.82 Å². The SMILES string of the molecule is CCCCCOC(=O)NC1CC[N+](C)(c2cc(-c3ccc(OC)c(OC)c3)nc(C=Cc3nc4ccccc4c(C)c3CC)n2)C1. The number of likely N-dealkylation sites (N-methyl/N-ethyl adjacent to an activating group) is 1. The van der Waals surface area contributed by atoms with Crippen molar-refractivity contribution in [3.63, 3.8) is 0 Å². The number of quaternary nitrogens is 1. The van der Waals surface area contributed by atoms with Crippen LogP contribution in [0.25, 0.3) is 34.3 Å². The number of hydrogen-bond acceptors (Lipinski definition) is 7. The molecule has 0 saturated carbocycles. The van der Waals surface area contributed by atoms with Crippen LogP contribution in [0.4, 0.5) is 10.6 Å². The molecular weight excluding hydrogens is 578 g/mol. The van der Waals surface area contributed by atoms with Crippen LogP contribution in [0.5, 0.6) is 11.5 Å². The third-order valence-electron chi connectivity index (χ3n) is 8.91. The van der Waals surface area contributed by atoms with Crippen LogP contribution in [0.3, 0.4) is 0 Å². The van der Waals surface area contributed by atoms with E-state index in [0.29, 0.717) is 35.0 Å². The largest absolute Gasteiger partial charge is 0.493 e. The number of carbonyl (C=O) groups excluding carboxylic acids is 1. The van der Waals surface area contributed by atoms with E-state index in [1.54, 1.807) is 14.2 Å². The summed E-state index contributed by atoms with van der Waals surface area (Å²) in [7, 11) is 5.41. The molecule has 46 heavy (non-hydrogen) atoms. The number of benzene rings is 2. The second-order valence-corrected chi connectivity index (χ2v) is 12.1. The number of aryl methyl sites for hydroxylation is 1. The molecule has 0 aliphatic carbocycles. The first-order valence-electron chi connectivity index (χ1n) is 16.2. The van der Waals surface area contributed by atoms with Crippen molar-refractivity contribution >= 4 is 35.0 Å². The maximum atomic E-state index is 12.5. The number of rotatable bonds is 12. The molecule has 2 unspecified atom stereocenters. The molecule has 3 heterocycles. The lowest BCUT2D eigenvalue weighted by molar-refractivity contribution is 0.140. The lowest BCUT2D eigenvalue weighted by atomic mass is 9.99. The molecule has 242 valence electrons. The fraction of sp³-hybridized carbons (Fsp3) is 0.405. The molecule has 0 spiro atoms. The fourth-order valence-corrected chi connectivity index (χ4v) is 6.29. The Morgan fingerprint density at radius 1 is 1.00 bits per heavy atom. The number of nitrogens with one attached hydrogen (secondary N) is 1. The third-order valence-corrected chi connectivity index (χ3v) is 8.91. The Labute approximate surface area is 272 Å². The molecule has 1 saturated heterocycles. The molecule has 1 aliphatic rings. The molecule has 1 amide bonds. The van der Waals surface area contributed by atoms with Crippen molar-refractivity contribution < 1.29 is 19.0 Å². The van der Waals surface area contributed by atoms with Crippen molar-refractivity contribution in [1.29, 1.82) is 0 Å². The lowest BCUT2D eigenvalue weighted by Gasteiger charge is -2.28. The first-order valence-corrected chi connectivity index (χ1v) is 16.2. The number of nitrogens with zero attached hydrogens (tertiary/aromatic N) is 4. The molecule has 2 aromatic heterocycles. The molecule has 0 bridgehead atoms. The summed E-state index contributed by atoms with van der Waals surface area (Å²) < 4.78 is 17.1. The maximum absolute atomic E-state index is 12.5. The number of aromatic nitrogens is 3. The van der Waals surface area contributed by atoms with Gasteiger partial charge in [0, 0.05) is 23.4 Å². The minimum Gasteiger partial charge on any atom is -0.493 e. The summed E-state index contributed by atoms with van der Waals surface area (Å²) in [6, 6.07) is 16.1. The van der Waals surface area contributed by atoms with Crippen LogP contribution in [0.15, 0.2) is 48.5 Å². The first-order chi connectivity index (χ1) is 22.3. The molecule has 5 rings (SSSR count). The number of amides is 1.